The van der Waals surface area contributed by atoms with Crippen LogP contribution in [0.2, 0.25) is 0 Å². The van der Waals surface area contributed by atoms with Crippen LogP contribution in [0.4, 0.5) is 4.39 Å². The number of carbonyl (C=O) groups excluding carboxylic acids is 1. The van der Waals surface area contributed by atoms with Crippen molar-refractivity contribution in [2.75, 3.05) is 6.61 Å². The van der Waals surface area contributed by atoms with E-state index in [0.717, 1.165) is 31.2 Å². The van der Waals surface area contributed by atoms with Gasteiger partial charge in [0.1, 0.15) is 17.8 Å². The van der Waals surface area contributed by atoms with E-state index in [-0.39, 0.29) is 23.9 Å². The Labute approximate surface area is 172 Å². The predicted octanol–water partition coefficient (Wildman–Crippen LogP) is 3.65. The summed E-state index contributed by atoms with van der Waals surface area (Å²) in [7, 11) is 0. The van der Waals surface area contributed by atoms with Gasteiger partial charge in [0.15, 0.2) is 0 Å². The third kappa shape index (κ3) is 3.32. The van der Waals surface area contributed by atoms with Gasteiger partial charge < -0.3 is 14.1 Å². The zero-order valence-corrected chi connectivity index (χ0v) is 16.5. The Morgan fingerprint density at radius 3 is 2.93 bits per heavy atom. The molecular formula is C22H21FN4O3. The fourth-order valence-corrected chi connectivity index (χ4v) is 4.62. The molecule has 154 valence electrons. The van der Waals surface area contributed by atoms with Crippen molar-refractivity contribution in [3.8, 4) is 17.3 Å². The van der Waals surface area contributed by atoms with Crippen LogP contribution in [0.5, 0.6) is 5.88 Å². The summed E-state index contributed by atoms with van der Waals surface area (Å²) in [6.07, 6.45) is 6.96. The Morgan fingerprint density at radius 2 is 2.17 bits per heavy atom. The van der Waals surface area contributed by atoms with Crippen molar-refractivity contribution >= 4 is 5.91 Å². The maximum atomic E-state index is 13.5. The molecule has 0 spiro atoms. The van der Waals surface area contributed by atoms with Gasteiger partial charge in [0.25, 0.3) is 5.91 Å². The molecule has 2 fully saturated rings. The van der Waals surface area contributed by atoms with E-state index < -0.39 is 5.82 Å². The SMILES string of the molecule is Cc1ccc(-c2ncco2)c(C(=O)N2C3CCC2C(COc2ccc(F)cn2)C3)n1. The van der Waals surface area contributed by atoms with E-state index in [0.29, 0.717) is 29.6 Å². The van der Waals surface area contributed by atoms with Gasteiger partial charge in [-0.05, 0) is 44.4 Å². The van der Waals surface area contributed by atoms with Crippen LogP contribution in [0, 0.1) is 18.7 Å². The number of fused-ring (bicyclic) bond motifs is 2. The lowest BCUT2D eigenvalue weighted by molar-refractivity contribution is 0.0704. The smallest absolute Gasteiger partial charge is 0.273 e. The number of nitrogens with zero attached hydrogens (tertiary/aromatic N) is 4. The van der Waals surface area contributed by atoms with E-state index in [1.807, 2.05) is 24.0 Å². The second-order valence-corrected chi connectivity index (χ2v) is 7.82. The highest BCUT2D eigenvalue weighted by Gasteiger charge is 2.49. The van der Waals surface area contributed by atoms with Crippen molar-refractivity contribution in [2.24, 2.45) is 5.92 Å². The van der Waals surface area contributed by atoms with Crippen molar-refractivity contribution in [3.05, 3.63) is 60.1 Å². The summed E-state index contributed by atoms with van der Waals surface area (Å²) in [5, 5.41) is 0. The summed E-state index contributed by atoms with van der Waals surface area (Å²) in [5.41, 5.74) is 1.74. The van der Waals surface area contributed by atoms with E-state index in [4.69, 9.17) is 9.15 Å². The summed E-state index contributed by atoms with van der Waals surface area (Å²) in [5.74, 6) is 0.492. The fourth-order valence-electron chi connectivity index (χ4n) is 4.62. The minimum absolute atomic E-state index is 0.0858. The van der Waals surface area contributed by atoms with Gasteiger partial charge in [-0.1, -0.05) is 0 Å². The molecule has 3 aromatic rings. The molecular weight excluding hydrogens is 387 g/mol. The molecule has 0 aromatic carbocycles. The number of hydrogen-bond donors (Lipinski definition) is 0. The lowest BCUT2D eigenvalue weighted by Gasteiger charge is -2.25. The van der Waals surface area contributed by atoms with E-state index in [9.17, 15) is 9.18 Å². The number of oxazole rings is 1. The van der Waals surface area contributed by atoms with Crippen LogP contribution in [0.3, 0.4) is 0 Å². The van der Waals surface area contributed by atoms with Crippen LogP contribution >= 0.6 is 0 Å². The number of aryl methyl sites for hydroxylation is 1. The molecule has 2 saturated heterocycles. The summed E-state index contributed by atoms with van der Waals surface area (Å²) in [4.78, 5) is 28.2. The van der Waals surface area contributed by atoms with Crippen LogP contribution in [0.15, 0.2) is 47.3 Å². The first-order chi connectivity index (χ1) is 14.6. The zero-order chi connectivity index (χ0) is 20.7. The van der Waals surface area contributed by atoms with E-state index in [1.54, 1.807) is 6.20 Å². The Morgan fingerprint density at radius 1 is 1.27 bits per heavy atom. The van der Waals surface area contributed by atoms with Crippen molar-refractivity contribution in [3.63, 3.8) is 0 Å². The number of aromatic nitrogens is 3. The number of amides is 1. The molecule has 0 saturated carbocycles. The molecule has 8 heteroatoms. The first-order valence-electron chi connectivity index (χ1n) is 10.0. The molecule has 5 heterocycles. The van der Waals surface area contributed by atoms with E-state index in [2.05, 4.69) is 15.0 Å². The van der Waals surface area contributed by atoms with Gasteiger partial charge in [0.2, 0.25) is 11.8 Å². The number of carbonyl (C=O) groups is 1. The Kier molecular flexibility index (Phi) is 4.69. The molecule has 7 nitrogen and oxygen atoms in total. The highest BCUT2D eigenvalue weighted by Crippen LogP contribution is 2.43. The first-order valence-corrected chi connectivity index (χ1v) is 10.0. The van der Waals surface area contributed by atoms with Crippen molar-refractivity contribution in [2.45, 2.75) is 38.3 Å². The van der Waals surface area contributed by atoms with Gasteiger partial charge in [-0.2, -0.15) is 0 Å². The monoisotopic (exact) mass is 408 g/mol. The maximum Gasteiger partial charge on any atom is 0.273 e. The molecule has 2 aliphatic rings. The predicted molar refractivity (Wildman–Crippen MR) is 105 cm³/mol. The highest BCUT2D eigenvalue weighted by molar-refractivity contribution is 5.98. The largest absolute Gasteiger partial charge is 0.477 e. The highest BCUT2D eigenvalue weighted by atomic mass is 19.1. The van der Waals surface area contributed by atoms with Crippen LogP contribution in [0.1, 0.15) is 35.4 Å². The molecule has 30 heavy (non-hydrogen) atoms. The molecule has 5 rings (SSSR count). The lowest BCUT2D eigenvalue weighted by atomic mass is 9.90. The van der Waals surface area contributed by atoms with Gasteiger partial charge in [-0.3, -0.25) is 4.79 Å². The topological polar surface area (TPSA) is 81.4 Å². The third-order valence-corrected chi connectivity index (χ3v) is 5.95. The summed E-state index contributed by atoms with van der Waals surface area (Å²) in [6, 6.07) is 6.78. The van der Waals surface area contributed by atoms with Crippen LogP contribution in [-0.2, 0) is 0 Å². The third-order valence-electron chi connectivity index (χ3n) is 5.95. The molecule has 0 aliphatic carbocycles. The Balaban J connectivity index is 1.36. The molecule has 2 bridgehead atoms. The van der Waals surface area contributed by atoms with Crippen molar-refractivity contribution < 1.29 is 18.3 Å². The van der Waals surface area contributed by atoms with Gasteiger partial charge in [0.05, 0.1) is 24.6 Å². The summed E-state index contributed by atoms with van der Waals surface area (Å²) < 4.78 is 24.2. The van der Waals surface area contributed by atoms with Crippen LogP contribution in [0.25, 0.3) is 11.5 Å². The molecule has 1 amide bonds. The number of pyridine rings is 2. The second-order valence-electron chi connectivity index (χ2n) is 7.82. The summed E-state index contributed by atoms with van der Waals surface area (Å²) >= 11 is 0. The van der Waals surface area contributed by atoms with E-state index in [1.165, 1.54) is 18.4 Å². The van der Waals surface area contributed by atoms with Crippen molar-refractivity contribution in [1.82, 2.24) is 19.9 Å². The number of rotatable bonds is 5. The number of ether oxygens (including phenoxy) is 1. The number of halogens is 1. The molecule has 0 N–H and O–H groups in total. The van der Waals surface area contributed by atoms with Crippen LogP contribution < -0.4 is 4.74 Å². The molecule has 3 aromatic heterocycles. The van der Waals surface area contributed by atoms with Gasteiger partial charge in [-0.15, -0.1) is 0 Å². The molecule has 3 unspecified atom stereocenters. The average Bonchev–Trinajstić information content (AvgIpc) is 3.49. The molecule has 3 atom stereocenters. The van der Waals surface area contributed by atoms with Crippen LogP contribution in [-0.4, -0.2) is 44.4 Å². The summed E-state index contributed by atoms with van der Waals surface area (Å²) in [6.45, 7) is 2.30. The quantitative estimate of drug-likeness (QED) is 0.641. The van der Waals surface area contributed by atoms with Gasteiger partial charge in [-0.25, -0.2) is 19.3 Å². The zero-order valence-electron chi connectivity index (χ0n) is 16.5. The average molecular weight is 408 g/mol. The van der Waals surface area contributed by atoms with Gasteiger partial charge >= 0.3 is 0 Å². The molecule has 0 radical (unpaired) electrons. The first kappa shape index (κ1) is 18.7. The normalized spacial score (nSPS) is 22.5. The second kappa shape index (κ2) is 7.51. The standard InChI is InChI=1S/C22H21FN4O3/c1-13-2-5-17(21-24-8-9-29-21)20(26-13)22(28)27-16-4-6-18(27)14(10-16)12-30-19-7-3-15(23)11-25-19/h2-3,5,7-9,11,14,16,18H,4,6,10,12H2,1H3. The fraction of sp³-hybridized carbons (Fsp3) is 0.364. The Hall–Kier alpha value is -3.29. The lowest BCUT2D eigenvalue weighted by Crippen LogP contribution is -2.38. The minimum atomic E-state index is -0.397. The molecule has 2 aliphatic heterocycles. The van der Waals surface area contributed by atoms with Gasteiger partial charge in [0, 0.05) is 29.8 Å². The maximum absolute atomic E-state index is 13.5. The number of hydrogen-bond acceptors (Lipinski definition) is 6. The Bertz CT molecular complexity index is 1050. The minimum Gasteiger partial charge on any atom is -0.477 e. The van der Waals surface area contributed by atoms with Crippen molar-refractivity contribution in [1.29, 1.82) is 0 Å². The van der Waals surface area contributed by atoms with E-state index >= 15 is 0 Å².